The maximum absolute atomic E-state index is 12.2. The Morgan fingerprint density at radius 1 is 1.29 bits per heavy atom. The quantitative estimate of drug-likeness (QED) is 0.595. The lowest BCUT2D eigenvalue weighted by Gasteiger charge is -2.30. The standard InChI is InChI=1S/C12H21N3OS/c1-3-5-7-12(8-6-4-2)9(13)14-11(17)15-10(12)16/h3-8H2,1-2H3,(H3,13,14,15,16,17)/p+1. The summed E-state index contributed by atoms with van der Waals surface area (Å²) in [5.41, 5.74) is 5.46. The fraction of sp³-hybridized carbons (Fsp3) is 0.750. The van der Waals surface area contributed by atoms with E-state index in [0.29, 0.717) is 10.9 Å². The molecular formula is C12H22N3OS+. The zero-order chi connectivity index (χ0) is 12.9. The van der Waals surface area contributed by atoms with E-state index in [9.17, 15) is 4.79 Å². The van der Waals surface area contributed by atoms with Gasteiger partial charge in [-0.25, -0.2) is 10.3 Å². The van der Waals surface area contributed by atoms with Gasteiger partial charge in [0.2, 0.25) is 5.84 Å². The monoisotopic (exact) mass is 256 g/mol. The lowest BCUT2D eigenvalue weighted by atomic mass is 9.75. The van der Waals surface area contributed by atoms with Gasteiger partial charge in [-0.05, 0) is 25.1 Å². The van der Waals surface area contributed by atoms with E-state index in [1.807, 2.05) is 0 Å². The minimum absolute atomic E-state index is 0.0411. The van der Waals surface area contributed by atoms with Crippen LogP contribution < -0.4 is 16.0 Å². The molecule has 17 heavy (non-hydrogen) atoms. The highest BCUT2D eigenvalue weighted by Gasteiger charge is 2.48. The third-order valence-electron chi connectivity index (χ3n) is 3.34. The van der Waals surface area contributed by atoms with Crippen molar-refractivity contribution in [2.75, 3.05) is 0 Å². The molecular weight excluding hydrogens is 234 g/mol. The zero-order valence-corrected chi connectivity index (χ0v) is 11.5. The average molecular weight is 256 g/mol. The van der Waals surface area contributed by atoms with Crippen molar-refractivity contribution in [2.45, 2.75) is 52.4 Å². The Bertz CT molecular complexity index is 331. The van der Waals surface area contributed by atoms with Crippen LogP contribution in [-0.4, -0.2) is 16.9 Å². The first kappa shape index (κ1) is 14.1. The first-order valence-corrected chi connectivity index (χ1v) is 6.73. The Morgan fingerprint density at radius 2 is 1.82 bits per heavy atom. The lowest BCUT2D eigenvalue weighted by Crippen LogP contribution is -2.90. The molecule has 1 heterocycles. The third kappa shape index (κ3) is 3.03. The maximum Gasteiger partial charge on any atom is 0.297 e. The number of carbonyl (C=O) groups excluding carboxylic acids is 1. The van der Waals surface area contributed by atoms with E-state index in [-0.39, 0.29) is 5.91 Å². The van der Waals surface area contributed by atoms with Crippen LogP contribution in [0.1, 0.15) is 52.4 Å². The normalized spacial score (nSPS) is 18.8. The van der Waals surface area contributed by atoms with Crippen molar-refractivity contribution in [1.82, 2.24) is 5.32 Å². The minimum Gasteiger partial charge on any atom is -0.321 e. The van der Waals surface area contributed by atoms with Crippen molar-refractivity contribution in [3.05, 3.63) is 0 Å². The lowest BCUT2D eigenvalue weighted by molar-refractivity contribution is -0.327. The Labute approximate surface area is 108 Å². The molecule has 1 amide bonds. The molecule has 0 spiro atoms. The molecule has 0 aromatic heterocycles. The molecule has 0 atom stereocenters. The highest BCUT2D eigenvalue weighted by atomic mass is 32.1. The number of carbonyl (C=O) groups is 1. The second-order valence-corrected chi connectivity index (χ2v) is 5.02. The second kappa shape index (κ2) is 6.10. The third-order valence-corrected chi connectivity index (χ3v) is 3.54. The number of rotatable bonds is 6. The SMILES string of the molecule is CCCCC1(CCCC)C(=O)NC(=S)[NH+]=C1N. The molecule has 0 saturated heterocycles. The molecule has 1 rings (SSSR count). The van der Waals surface area contributed by atoms with Gasteiger partial charge >= 0.3 is 0 Å². The van der Waals surface area contributed by atoms with Gasteiger partial charge in [0.25, 0.3) is 11.0 Å². The number of thiocarbonyl (C=S) groups is 1. The van der Waals surface area contributed by atoms with E-state index >= 15 is 0 Å². The van der Waals surface area contributed by atoms with E-state index in [2.05, 4.69) is 24.2 Å². The number of amidine groups is 1. The first-order valence-electron chi connectivity index (χ1n) is 6.32. The molecule has 0 aromatic rings. The van der Waals surface area contributed by atoms with Crippen molar-refractivity contribution in [3.8, 4) is 0 Å². The highest BCUT2D eigenvalue weighted by molar-refractivity contribution is 7.79. The summed E-state index contributed by atoms with van der Waals surface area (Å²) in [6.07, 6.45) is 5.67. The van der Waals surface area contributed by atoms with Gasteiger partial charge in [0.05, 0.1) is 0 Å². The van der Waals surface area contributed by atoms with Crippen LogP contribution in [0.2, 0.25) is 0 Å². The number of amides is 1. The van der Waals surface area contributed by atoms with Crippen molar-refractivity contribution in [3.63, 3.8) is 0 Å². The Balaban J connectivity index is 2.97. The Kier molecular flexibility index (Phi) is 5.05. The molecule has 96 valence electrons. The van der Waals surface area contributed by atoms with Crippen LogP contribution in [0.5, 0.6) is 0 Å². The summed E-state index contributed by atoms with van der Waals surface area (Å²) in [5, 5.41) is 3.01. The predicted octanol–water partition coefficient (Wildman–Crippen LogP) is 0.206. The van der Waals surface area contributed by atoms with E-state index in [0.717, 1.165) is 38.5 Å². The first-order chi connectivity index (χ1) is 8.06. The fourth-order valence-electron chi connectivity index (χ4n) is 2.20. The molecule has 4 nitrogen and oxygen atoms in total. The van der Waals surface area contributed by atoms with Crippen molar-refractivity contribution in [2.24, 2.45) is 11.1 Å². The molecule has 0 saturated carbocycles. The largest absolute Gasteiger partial charge is 0.321 e. The molecule has 0 fully saturated rings. The van der Waals surface area contributed by atoms with Gasteiger partial charge in [-0.15, -0.1) is 0 Å². The molecule has 5 heteroatoms. The summed E-state index contributed by atoms with van der Waals surface area (Å²) >= 11 is 4.94. The van der Waals surface area contributed by atoms with Gasteiger partial charge < -0.3 is 5.73 Å². The topological polar surface area (TPSA) is 69.1 Å². The van der Waals surface area contributed by atoms with Crippen LogP contribution in [0.25, 0.3) is 0 Å². The number of nitrogens with two attached hydrogens (primary N) is 1. The van der Waals surface area contributed by atoms with Crippen molar-refractivity contribution >= 4 is 29.1 Å². The molecule has 0 radical (unpaired) electrons. The fourth-order valence-corrected chi connectivity index (χ4v) is 2.40. The van der Waals surface area contributed by atoms with Crippen molar-refractivity contribution in [1.29, 1.82) is 0 Å². The summed E-state index contributed by atoms with van der Waals surface area (Å²) in [4.78, 5) is 15.1. The van der Waals surface area contributed by atoms with Gasteiger partial charge in [-0.3, -0.25) is 4.79 Å². The maximum atomic E-state index is 12.2. The van der Waals surface area contributed by atoms with Crippen LogP contribution in [0.15, 0.2) is 0 Å². The smallest absolute Gasteiger partial charge is 0.297 e. The molecule has 0 aliphatic carbocycles. The van der Waals surface area contributed by atoms with E-state index in [1.165, 1.54) is 0 Å². The molecule has 1 aliphatic heterocycles. The van der Waals surface area contributed by atoms with Gasteiger partial charge in [0, 0.05) is 0 Å². The summed E-state index contributed by atoms with van der Waals surface area (Å²) in [6.45, 7) is 4.23. The Morgan fingerprint density at radius 3 is 2.24 bits per heavy atom. The second-order valence-electron chi connectivity index (χ2n) is 4.61. The van der Waals surface area contributed by atoms with Crippen LogP contribution in [0.3, 0.4) is 0 Å². The Hall–Kier alpha value is -0.970. The summed E-state index contributed by atoms with van der Waals surface area (Å²) in [5.74, 6) is 0.480. The summed E-state index contributed by atoms with van der Waals surface area (Å²) in [7, 11) is 0. The van der Waals surface area contributed by atoms with Gasteiger partial charge in [-0.2, -0.15) is 0 Å². The van der Waals surface area contributed by atoms with Crippen LogP contribution in [-0.2, 0) is 4.79 Å². The van der Waals surface area contributed by atoms with E-state index < -0.39 is 5.41 Å². The summed E-state index contributed by atoms with van der Waals surface area (Å²) < 4.78 is 0. The minimum atomic E-state index is -0.575. The highest BCUT2D eigenvalue weighted by Crippen LogP contribution is 2.31. The molecule has 0 aromatic carbocycles. The van der Waals surface area contributed by atoms with E-state index in [4.69, 9.17) is 18.0 Å². The number of nitrogens with one attached hydrogen (secondary N) is 2. The van der Waals surface area contributed by atoms with Gasteiger partial charge in [-0.1, -0.05) is 39.5 Å². The average Bonchev–Trinajstić information content (AvgIpc) is 2.27. The van der Waals surface area contributed by atoms with Gasteiger partial charge in [0.1, 0.15) is 5.41 Å². The van der Waals surface area contributed by atoms with E-state index in [1.54, 1.807) is 0 Å². The molecule has 1 aliphatic rings. The van der Waals surface area contributed by atoms with Crippen LogP contribution >= 0.6 is 12.2 Å². The predicted molar refractivity (Wildman–Crippen MR) is 72.4 cm³/mol. The van der Waals surface area contributed by atoms with Crippen LogP contribution in [0.4, 0.5) is 0 Å². The van der Waals surface area contributed by atoms with Gasteiger partial charge in [0.15, 0.2) is 0 Å². The number of hydrogen-bond acceptors (Lipinski definition) is 3. The molecule has 4 N–H and O–H groups in total. The zero-order valence-electron chi connectivity index (χ0n) is 10.6. The molecule has 0 unspecified atom stereocenters. The number of unbranched alkanes of at least 4 members (excludes halogenated alkanes) is 2. The molecule has 0 bridgehead atoms. The number of hydrogen-bond donors (Lipinski definition) is 3. The van der Waals surface area contributed by atoms with Crippen LogP contribution in [0, 0.1) is 5.41 Å². The summed E-state index contributed by atoms with van der Waals surface area (Å²) in [6, 6.07) is 0. The van der Waals surface area contributed by atoms with Crippen molar-refractivity contribution < 1.29 is 9.79 Å².